The van der Waals surface area contributed by atoms with E-state index in [-0.39, 0.29) is 5.91 Å². The molecule has 0 radical (unpaired) electrons. The molecule has 0 aromatic heterocycles. The van der Waals surface area contributed by atoms with Gasteiger partial charge < -0.3 is 19.3 Å². The zero-order chi connectivity index (χ0) is 22.8. The summed E-state index contributed by atoms with van der Waals surface area (Å²) in [4.78, 5) is 17.0. The molecule has 2 aliphatic rings. The minimum absolute atomic E-state index is 0.180. The molecule has 170 valence electrons. The third-order valence-electron chi connectivity index (χ3n) is 6.87. The van der Waals surface area contributed by atoms with Crippen LogP contribution in [0.3, 0.4) is 0 Å². The fourth-order valence-electron chi connectivity index (χ4n) is 4.80. The van der Waals surface area contributed by atoms with Crippen molar-refractivity contribution in [3.8, 4) is 11.5 Å². The number of aryl methyl sites for hydroxylation is 2. The van der Waals surface area contributed by atoms with Crippen LogP contribution in [-0.4, -0.2) is 56.6 Å². The standard InChI is InChI=1S/C27H34N2O3/c1-18-11-20-7-10-29(27(30)15-21(20)12-19(18)2)9-6-8-28(3)17-23-13-22-14-25(31-4)26(32-5)16-24(22)23/h7,10-12,14,16,23H,6,8-9,13,15,17H2,1-5H3/t23-/m1/s1. The lowest BCUT2D eigenvalue weighted by molar-refractivity contribution is -0.127. The number of likely N-dealkylation sites (N-methyl/N-ethyl adjacent to an activating group) is 1. The molecular weight excluding hydrogens is 400 g/mol. The number of hydrogen-bond donors (Lipinski definition) is 0. The minimum Gasteiger partial charge on any atom is -0.493 e. The monoisotopic (exact) mass is 434 g/mol. The van der Waals surface area contributed by atoms with Gasteiger partial charge in [-0.3, -0.25) is 4.79 Å². The first-order valence-corrected chi connectivity index (χ1v) is 11.4. The van der Waals surface area contributed by atoms with Crippen molar-refractivity contribution in [1.82, 2.24) is 9.80 Å². The fraction of sp³-hybridized carbons (Fsp3) is 0.444. The SMILES string of the molecule is COc1cc2c(cc1OC)[C@@H](CN(C)CCCN1C=Cc3cc(C)c(C)cc3CC1=O)C2. The van der Waals surface area contributed by atoms with E-state index in [1.54, 1.807) is 14.2 Å². The molecular formula is C27H34N2O3. The predicted molar refractivity (Wildman–Crippen MR) is 128 cm³/mol. The Morgan fingerprint density at radius 1 is 1.03 bits per heavy atom. The number of benzene rings is 2. The maximum absolute atomic E-state index is 12.8. The summed E-state index contributed by atoms with van der Waals surface area (Å²) in [5.74, 6) is 2.31. The van der Waals surface area contributed by atoms with Crippen molar-refractivity contribution in [3.63, 3.8) is 0 Å². The van der Waals surface area contributed by atoms with Crippen molar-refractivity contribution in [2.75, 3.05) is 40.9 Å². The second kappa shape index (κ2) is 9.37. The summed E-state index contributed by atoms with van der Waals surface area (Å²) in [6.45, 7) is 6.95. The smallest absolute Gasteiger partial charge is 0.230 e. The summed E-state index contributed by atoms with van der Waals surface area (Å²) in [6, 6.07) is 8.57. The molecule has 0 saturated carbocycles. The number of methoxy groups -OCH3 is 2. The number of amides is 1. The highest BCUT2D eigenvalue weighted by atomic mass is 16.5. The van der Waals surface area contributed by atoms with Crippen LogP contribution in [0.5, 0.6) is 11.5 Å². The second-order valence-corrected chi connectivity index (χ2v) is 9.14. The Kier molecular flexibility index (Phi) is 6.56. The van der Waals surface area contributed by atoms with Gasteiger partial charge in [-0.1, -0.05) is 12.1 Å². The van der Waals surface area contributed by atoms with Crippen LogP contribution in [0.2, 0.25) is 0 Å². The average Bonchev–Trinajstić information content (AvgIpc) is 2.90. The average molecular weight is 435 g/mol. The second-order valence-electron chi connectivity index (χ2n) is 9.14. The first-order chi connectivity index (χ1) is 15.4. The first-order valence-electron chi connectivity index (χ1n) is 11.4. The van der Waals surface area contributed by atoms with Crippen LogP contribution in [0.4, 0.5) is 0 Å². The van der Waals surface area contributed by atoms with E-state index < -0.39 is 0 Å². The lowest BCUT2D eigenvalue weighted by Gasteiger charge is -2.34. The maximum Gasteiger partial charge on any atom is 0.230 e. The third kappa shape index (κ3) is 4.53. The largest absolute Gasteiger partial charge is 0.493 e. The van der Waals surface area contributed by atoms with Gasteiger partial charge in [0.1, 0.15) is 0 Å². The molecule has 32 heavy (non-hydrogen) atoms. The Morgan fingerprint density at radius 2 is 1.75 bits per heavy atom. The lowest BCUT2D eigenvalue weighted by Crippen LogP contribution is -2.34. The zero-order valence-electron chi connectivity index (χ0n) is 19.9. The van der Waals surface area contributed by atoms with Gasteiger partial charge in [-0.15, -0.1) is 0 Å². The van der Waals surface area contributed by atoms with Crippen molar-refractivity contribution < 1.29 is 14.3 Å². The molecule has 0 saturated heterocycles. The highest BCUT2D eigenvalue weighted by molar-refractivity contribution is 5.83. The van der Waals surface area contributed by atoms with Gasteiger partial charge in [0, 0.05) is 25.2 Å². The molecule has 4 rings (SSSR count). The van der Waals surface area contributed by atoms with Crippen molar-refractivity contribution in [2.24, 2.45) is 0 Å². The summed E-state index contributed by atoms with van der Waals surface area (Å²) < 4.78 is 10.9. The van der Waals surface area contributed by atoms with Gasteiger partial charge in [0.25, 0.3) is 0 Å². The molecule has 0 N–H and O–H groups in total. The third-order valence-corrected chi connectivity index (χ3v) is 6.87. The number of nitrogens with zero attached hydrogens (tertiary/aromatic N) is 2. The van der Waals surface area contributed by atoms with Crippen LogP contribution in [0.1, 0.15) is 45.7 Å². The van der Waals surface area contributed by atoms with Gasteiger partial charge in [-0.2, -0.15) is 0 Å². The Bertz CT molecular complexity index is 1040. The van der Waals surface area contributed by atoms with Gasteiger partial charge in [0.05, 0.1) is 20.6 Å². The fourth-order valence-corrected chi connectivity index (χ4v) is 4.80. The maximum atomic E-state index is 12.8. The summed E-state index contributed by atoms with van der Waals surface area (Å²) in [6.07, 6.45) is 6.55. The van der Waals surface area contributed by atoms with Crippen LogP contribution < -0.4 is 9.47 Å². The predicted octanol–water partition coefficient (Wildman–Crippen LogP) is 4.34. The van der Waals surface area contributed by atoms with Crippen LogP contribution in [0.25, 0.3) is 6.08 Å². The highest BCUT2D eigenvalue weighted by Crippen LogP contribution is 2.42. The Balaban J connectivity index is 1.29. The number of carbonyl (C=O) groups excluding carboxylic acids is 1. The molecule has 0 bridgehead atoms. The van der Waals surface area contributed by atoms with E-state index in [9.17, 15) is 4.79 Å². The molecule has 1 aliphatic carbocycles. The van der Waals surface area contributed by atoms with E-state index in [1.807, 2.05) is 11.1 Å². The number of rotatable bonds is 8. The number of ether oxygens (including phenoxy) is 2. The molecule has 0 fully saturated rings. The van der Waals surface area contributed by atoms with E-state index >= 15 is 0 Å². The molecule has 1 atom stereocenters. The number of fused-ring (bicyclic) bond motifs is 2. The Morgan fingerprint density at radius 3 is 2.50 bits per heavy atom. The summed E-state index contributed by atoms with van der Waals surface area (Å²) >= 11 is 0. The zero-order valence-corrected chi connectivity index (χ0v) is 19.9. The molecule has 5 nitrogen and oxygen atoms in total. The lowest BCUT2D eigenvalue weighted by atomic mass is 9.77. The van der Waals surface area contributed by atoms with Gasteiger partial charge in [0.2, 0.25) is 5.91 Å². The number of carbonyl (C=O) groups is 1. The van der Waals surface area contributed by atoms with Gasteiger partial charge >= 0.3 is 0 Å². The topological polar surface area (TPSA) is 42.0 Å². The molecule has 0 unspecified atom stereocenters. The molecule has 1 heterocycles. The molecule has 5 heteroatoms. The van der Waals surface area contributed by atoms with Crippen LogP contribution in [0.15, 0.2) is 30.5 Å². The van der Waals surface area contributed by atoms with Crippen molar-refractivity contribution in [3.05, 3.63) is 63.8 Å². The minimum atomic E-state index is 0.180. The Labute approximate surface area is 191 Å². The summed E-state index contributed by atoms with van der Waals surface area (Å²) in [5.41, 5.74) is 7.52. The van der Waals surface area contributed by atoms with E-state index in [0.717, 1.165) is 55.1 Å². The molecule has 1 amide bonds. The van der Waals surface area contributed by atoms with E-state index in [0.29, 0.717) is 12.3 Å². The molecule has 0 spiro atoms. The van der Waals surface area contributed by atoms with Gasteiger partial charge in [0.15, 0.2) is 11.5 Å². The quantitative estimate of drug-likeness (QED) is 0.620. The summed E-state index contributed by atoms with van der Waals surface area (Å²) in [7, 11) is 5.53. The normalized spacial score (nSPS) is 17.0. The van der Waals surface area contributed by atoms with Crippen molar-refractivity contribution in [1.29, 1.82) is 0 Å². The Hall–Kier alpha value is -2.79. The van der Waals surface area contributed by atoms with Gasteiger partial charge in [-0.05, 0) is 91.9 Å². The highest BCUT2D eigenvalue weighted by Gasteiger charge is 2.29. The van der Waals surface area contributed by atoms with Crippen LogP contribution in [-0.2, 0) is 17.6 Å². The van der Waals surface area contributed by atoms with Crippen LogP contribution >= 0.6 is 0 Å². The van der Waals surface area contributed by atoms with E-state index in [2.05, 4.69) is 56.1 Å². The van der Waals surface area contributed by atoms with E-state index in [1.165, 1.54) is 22.3 Å². The molecule has 2 aromatic carbocycles. The van der Waals surface area contributed by atoms with Crippen LogP contribution in [0, 0.1) is 13.8 Å². The summed E-state index contributed by atoms with van der Waals surface area (Å²) in [5, 5.41) is 0. The first kappa shape index (κ1) is 22.4. The molecule has 1 aliphatic heterocycles. The van der Waals surface area contributed by atoms with E-state index in [4.69, 9.17) is 9.47 Å². The number of hydrogen-bond acceptors (Lipinski definition) is 4. The van der Waals surface area contributed by atoms with Crippen molar-refractivity contribution >= 4 is 12.0 Å². The molecule has 2 aromatic rings. The van der Waals surface area contributed by atoms with Gasteiger partial charge in [-0.25, -0.2) is 0 Å². The van der Waals surface area contributed by atoms with Crippen molar-refractivity contribution in [2.45, 2.75) is 39.0 Å².